The van der Waals surface area contributed by atoms with Crippen LogP contribution in [-0.2, 0) is 13.1 Å². The lowest BCUT2D eigenvalue weighted by atomic mass is 10.2. The molecule has 3 rings (SSSR count). The summed E-state index contributed by atoms with van der Waals surface area (Å²) in [6, 6.07) is 3.95. The molecule has 5 heteroatoms. The molecule has 2 heterocycles. The maximum atomic E-state index is 11.8. The van der Waals surface area contributed by atoms with Gasteiger partial charge in [0.25, 0.3) is 0 Å². The first-order chi connectivity index (χ1) is 7.66. The molecule has 0 aliphatic carbocycles. The SMILES string of the molecule is C[C@H]1Cn2c(=O)[nH]c3ccc(Cl)c(c32)CN1. The average molecular weight is 238 g/mol. The van der Waals surface area contributed by atoms with Gasteiger partial charge in [0.1, 0.15) is 0 Å². The number of benzene rings is 1. The van der Waals surface area contributed by atoms with Gasteiger partial charge in [-0.05, 0) is 19.1 Å². The number of nitrogens with one attached hydrogen (secondary N) is 2. The van der Waals surface area contributed by atoms with Gasteiger partial charge in [-0.15, -0.1) is 0 Å². The van der Waals surface area contributed by atoms with Crippen molar-refractivity contribution in [3.8, 4) is 0 Å². The molecule has 1 atom stereocenters. The van der Waals surface area contributed by atoms with E-state index in [4.69, 9.17) is 11.6 Å². The number of halogens is 1. The fourth-order valence-electron chi connectivity index (χ4n) is 2.26. The summed E-state index contributed by atoms with van der Waals surface area (Å²) < 4.78 is 1.77. The molecule has 0 spiro atoms. The van der Waals surface area contributed by atoms with Crippen LogP contribution in [0.15, 0.2) is 16.9 Å². The van der Waals surface area contributed by atoms with E-state index in [1.807, 2.05) is 12.1 Å². The van der Waals surface area contributed by atoms with Gasteiger partial charge in [-0.3, -0.25) is 4.57 Å². The Morgan fingerprint density at radius 3 is 3.12 bits per heavy atom. The molecule has 1 aromatic carbocycles. The number of aromatic amines is 1. The number of nitrogens with zero attached hydrogens (tertiary/aromatic N) is 1. The van der Waals surface area contributed by atoms with Gasteiger partial charge in [0.2, 0.25) is 0 Å². The maximum Gasteiger partial charge on any atom is 0.326 e. The third-order valence-electron chi connectivity index (χ3n) is 3.07. The van der Waals surface area contributed by atoms with Crippen molar-refractivity contribution in [3.63, 3.8) is 0 Å². The highest BCUT2D eigenvalue weighted by Crippen LogP contribution is 2.26. The summed E-state index contributed by atoms with van der Waals surface area (Å²) in [6.07, 6.45) is 0. The van der Waals surface area contributed by atoms with Gasteiger partial charge in [-0.25, -0.2) is 4.79 Å². The van der Waals surface area contributed by atoms with Crippen molar-refractivity contribution in [2.24, 2.45) is 0 Å². The lowest BCUT2D eigenvalue weighted by molar-refractivity contribution is 0.491. The fourth-order valence-corrected chi connectivity index (χ4v) is 2.48. The Kier molecular flexibility index (Phi) is 2.09. The third kappa shape index (κ3) is 1.30. The van der Waals surface area contributed by atoms with Gasteiger partial charge in [-0.2, -0.15) is 0 Å². The molecule has 2 N–H and O–H groups in total. The Bertz CT molecular complexity index is 613. The summed E-state index contributed by atoms with van der Waals surface area (Å²) in [7, 11) is 0. The molecule has 4 nitrogen and oxygen atoms in total. The second-order valence-electron chi connectivity index (χ2n) is 4.24. The lowest BCUT2D eigenvalue weighted by Crippen LogP contribution is -2.30. The summed E-state index contributed by atoms with van der Waals surface area (Å²) in [6.45, 7) is 3.44. The predicted molar refractivity (Wildman–Crippen MR) is 63.9 cm³/mol. The maximum absolute atomic E-state index is 11.8. The van der Waals surface area contributed by atoms with Crippen LogP contribution in [0.5, 0.6) is 0 Å². The first kappa shape index (κ1) is 9.93. The summed E-state index contributed by atoms with van der Waals surface area (Å²) in [5, 5.41) is 4.06. The Hall–Kier alpha value is -1.26. The number of aromatic nitrogens is 2. The molecule has 16 heavy (non-hydrogen) atoms. The van der Waals surface area contributed by atoms with E-state index >= 15 is 0 Å². The summed E-state index contributed by atoms with van der Waals surface area (Å²) in [5.74, 6) is 0. The lowest BCUT2D eigenvalue weighted by Gasteiger charge is -2.09. The van der Waals surface area contributed by atoms with Crippen LogP contribution in [0.2, 0.25) is 5.02 Å². The molecule has 0 unspecified atom stereocenters. The van der Waals surface area contributed by atoms with Crippen LogP contribution < -0.4 is 11.0 Å². The van der Waals surface area contributed by atoms with Crippen molar-refractivity contribution in [2.75, 3.05) is 0 Å². The molecule has 1 aliphatic heterocycles. The fraction of sp³-hybridized carbons (Fsp3) is 0.364. The number of hydrogen-bond donors (Lipinski definition) is 2. The van der Waals surface area contributed by atoms with Gasteiger partial charge >= 0.3 is 5.69 Å². The molecule has 0 bridgehead atoms. The monoisotopic (exact) mass is 237 g/mol. The van der Waals surface area contributed by atoms with Crippen LogP contribution in [0.25, 0.3) is 11.0 Å². The topological polar surface area (TPSA) is 49.8 Å². The molecule has 2 aromatic rings. The minimum absolute atomic E-state index is 0.0610. The minimum atomic E-state index is -0.0610. The predicted octanol–water partition coefficient (Wildman–Crippen LogP) is 1.47. The van der Waals surface area contributed by atoms with E-state index < -0.39 is 0 Å². The zero-order valence-corrected chi connectivity index (χ0v) is 9.64. The Balaban J connectivity index is 2.43. The van der Waals surface area contributed by atoms with Crippen molar-refractivity contribution in [2.45, 2.75) is 26.1 Å². The molecule has 0 saturated carbocycles. The highest BCUT2D eigenvalue weighted by Gasteiger charge is 2.19. The number of imidazole rings is 1. The molecular formula is C11H12ClN3O. The van der Waals surface area contributed by atoms with E-state index in [1.165, 1.54) is 0 Å². The van der Waals surface area contributed by atoms with Crippen molar-refractivity contribution in [3.05, 3.63) is 33.2 Å². The van der Waals surface area contributed by atoms with E-state index in [0.29, 0.717) is 18.1 Å². The standard InChI is InChI=1S/C11H12ClN3O/c1-6-5-15-10-7(4-13-6)8(12)2-3-9(10)14-11(15)16/h2-3,6,13H,4-5H2,1H3,(H,14,16)/t6-/m0/s1. The highest BCUT2D eigenvalue weighted by molar-refractivity contribution is 6.32. The highest BCUT2D eigenvalue weighted by atomic mass is 35.5. The van der Waals surface area contributed by atoms with Crippen LogP contribution in [-0.4, -0.2) is 15.6 Å². The zero-order chi connectivity index (χ0) is 11.3. The minimum Gasteiger partial charge on any atom is -0.308 e. The summed E-state index contributed by atoms with van der Waals surface area (Å²) in [4.78, 5) is 14.7. The Morgan fingerprint density at radius 1 is 1.50 bits per heavy atom. The largest absolute Gasteiger partial charge is 0.326 e. The van der Waals surface area contributed by atoms with E-state index in [1.54, 1.807) is 4.57 Å². The number of H-pyrrole nitrogens is 1. The smallest absolute Gasteiger partial charge is 0.308 e. The quantitative estimate of drug-likeness (QED) is 0.729. The first-order valence-corrected chi connectivity index (χ1v) is 5.68. The van der Waals surface area contributed by atoms with Crippen molar-refractivity contribution >= 4 is 22.6 Å². The van der Waals surface area contributed by atoms with Crippen LogP contribution in [0.3, 0.4) is 0 Å². The molecule has 0 amide bonds. The van der Waals surface area contributed by atoms with Crippen molar-refractivity contribution < 1.29 is 0 Å². The third-order valence-corrected chi connectivity index (χ3v) is 3.42. The van der Waals surface area contributed by atoms with Gasteiger partial charge in [0, 0.05) is 29.7 Å². The molecule has 84 valence electrons. The number of rotatable bonds is 0. The Morgan fingerprint density at radius 2 is 2.31 bits per heavy atom. The van der Waals surface area contributed by atoms with E-state index in [2.05, 4.69) is 17.2 Å². The molecule has 0 radical (unpaired) electrons. The van der Waals surface area contributed by atoms with Gasteiger partial charge < -0.3 is 10.3 Å². The number of hydrogen-bond acceptors (Lipinski definition) is 2. The van der Waals surface area contributed by atoms with Crippen molar-refractivity contribution in [1.29, 1.82) is 0 Å². The van der Waals surface area contributed by atoms with Gasteiger partial charge in [0.15, 0.2) is 0 Å². The normalized spacial score (nSPS) is 20.0. The Labute approximate surface area is 97.2 Å². The second kappa shape index (κ2) is 3.37. The van der Waals surface area contributed by atoms with Gasteiger partial charge in [-0.1, -0.05) is 11.6 Å². The first-order valence-electron chi connectivity index (χ1n) is 5.30. The van der Waals surface area contributed by atoms with Crippen LogP contribution in [0.4, 0.5) is 0 Å². The molecule has 1 aliphatic rings. The van der Waals surface area contributed by atoms with Crippen molar-refractivity contribution in [1.82, 2.24) is 14.9 Å². The summed E-state index contributed by atoms with van der Waals surface area (Å²) in [5.41, 5.74) is 2.74. The van der Waals surface area contributed by atoms with Crippen LogP contribution in [0, 0.1) is 0 Å². The second-order valence-corrected chi connectivity index (χ2v) is 4.65. The summed E-state index contributed by atoms with van der Waals surface area (Å²) >= 11 is 6.17. The van der Waals surface area contributed by atoms with Gasteiger partial charge in [0.05, 0.1) is 11.0 Å². The average Bonchev–Trinajstić information content (AvgIpc) is 2.46. The molecule has 0 saturated heterocycles. The molecule has 0 fully saturated rings. The zero-order valence-electron chi connectivity index (χ0n) is 8.88. The van der Waals surface area contributed by atoms with E-state index in [0.717, 1.165) is 16.6 Å². The van der Waals surface area contributed by atoms with Crippen LogP contribution >= 0.6 is 11.6 Å². The molecule has 1 aromatic heterocycles. The van der Waals surface area contributed by atoms with Crippen LogP contribution in [0.1, 0.15) is 12.5 Å². The molecular weight excluding hydrogens is 226 g/mol. The van der Waals surface area contributed by atoms with E-state index in [9.17, 15) is 4.79 Å². The van der Waals surface area contributed by atoms with E-state index in [-0.39, 0.29) is 11.7 Å².